The van der Waals surface area contributed by atoms with Gasteiger partial charge >= 0.3 is 7.32 Å². The fraction of sp³-hybridized carbons (Fsp3) is 1.00. The summed E-state index contributed by atoms with van der Waals surface area (Å²) in [5.74, 6) is 0. The highest BCUT2D eigenvalue weighted by Crippen LogP contribution is 2.11. The van der Waals surface area contributed by atoms with E-state index >= 15 is 0 Å². The summed E-state index contributed by atoms with van der Waals surface area (Å²) in [6, 6.07) is 0. The Bertz CT molecular complexity index is 137. The molecule has 13 heavy (non-hydrogen) atoms. The van der Waals surface area contributed by atoms with E-state index in [0.29, 0.717) is 0 Å². The first-order valence-corrected chi connectivity index (χ1v) is 11.3. The quantitative estimate of drug-likeness (QED) is 0.665. The zero-order chi connectivity index (χ0) is 10.7. The van der Waals surface area contributed by atoms with E-state index in [1.165, 1.54) is 0 Å². The van der Waals surface area contributed by atoms with Gasteiger partial charge in [-0.2, -0.15) is 0 Å². The van der Waals surface area contributed by atoms with Crippen molar-refractivity contribution in [3.63, 3.8) is 0 Å². The van der Waals surface area contributed by atoms with Gasteiger partial charge in [0.15, 0.2) is 16.6 Å². The predicted molar refractivity (Wildman–Crippen MR) is 61.6 cm³/mol. The normalized spacial score (nSPS) is 13.2. The van der Waals surface area contributed by atoms with Crippen LogP contribution in [0.1, 0.15) is 0 Å². The molecule has 0 saturated carbocycles. The van der Waals surface area contributed by atoms with Crippen molar-refractivity contribution in [3.8, 4) is 0 Å². The van der Waals surface area contributed by atoms with Crippen LogP contribution in [0.15, 0.2) is 0 Å². The van der Waals surface area contributed by atoms with E-state index in [0.717, 1.165) is 0 Å². The van der Waals surface area contributed by atoms with Gasteiger partial charge in [0.2, 0.25) is 0 Å². The molecule has 0 aromatic rings. The average Bonchev–Trinajstić information content (AvgIpc) is 1.79. The predicted octanol–water partition coefficient (Wildman–Crippen LogP) is 2.32. The summed E-state index contributed by atoms with van der Waals surface area (Å²) in [6.45, 7) is 12.7. The molecule has 3 nitrogen and oxygen atoms in total. The van der Waals surface area contributed by atoms with Crippen molar-refractivity contribution in [3.05, 3.63) is 0 Å². The van der Waals surface area contributed by atoms with Crippen LogP contribution in [-0.4, -0.2) is 31.1 Å². The van der Waals surface area contributed by atoms with E-state index < -0.39 is 24.0 Å². The first-order valence-electron chi connectivity index (χ1n) is 4.52. The number of hydrogen-bond donors (Lipinski definition) is 0. The highest BCUT2D eigenvalue weighted by Gasteiger charge is 2.32. The molecule has 0 N–H and O–H groups in total. The van der Waals surface area contributed by atoms with E-state index in [9.17, 15) is 0 Å². The number of hydrogen-bond acceptors (Lipinski definition) is 3. The van der Waals surface area contributed by atoms with Crippen molar-refractivity contribution in [1.82, 2.24) is 0 Å². The van der Waals surface area contributed by atoms with Crippen LogP contribution in [0.5, 0.6) is 0 Å². The molecule has 0 atom stereocenters. The molecule has 0 aromatic carbocycles. The van der Waals surface area contributed by atoms with Gasteiger partial charge in [0, 0.05) is 7.11 Å². The summed E-state index contributed by atoms with van der Waals surface area (Å²) in [4.78, 5) is 0. The van der Waals surface area contributed by atoms with Gasteiger partial charge in [0.1, 0.15) is 0 Å². The molecule has 0 bridgehead atoms. The summed E-state index contributed by atoms with van der Waals surface area (Å²) in [7, 11) is -2.00. The molecule has 0 rings (SSSR count). The molecule has 0 aromatic heterocycles. The molecular formula is C7H21BO3Si2. The lowest BCUT2D eigenvalue weighted by Crippen LogP contribution is -2.44. The van der Waals surface area contributed by atoms with E-state index in [4.69, 9.17) is 13.3 Å². The molecular weight excluding hydrogens is 199 g/mol. The van der Waals surface area contributed by atoms with E-state index in [-0.39, 0.29) is 0 Å². The molecule has 0 saturated heterocycles. The fourth-order valence-electron chi connectivity index (χ4n) is 0.698. The van der Waals surface area contributed by atoms with Gasteiger partial charge in [-0.1, -0.05) is 0 Å². The summed E-state index contributed by atoms with van der Waals surface area (Å²) in [5, 5.41) is 0. The van der Waals surface area contributed by atoms with Crippen LogP contribution in [0.25, 0.3) is 0 Å². The topological polar surface area (TPSA) is 27.7 Å². The summed E-state index contributed by atoms with van der Waals surface area (Å²) in [5.41, 5.74) is 0. The van der Waals surface area contributed by atoms with Gasteiger partial charge < -0.3 is 13.3 Å². The van der Waals surface area contributed by atoms with Crippen molar-refractivity contribution in [2.45, 2.75) is 39.3 Å². The van der Waals surface area contributed by atoms with Crippen molar-refractivity contribution >= 4 is 24.0 Å². The van der Waals surface area contributed by atoms with Crippen LogP contribution in [0.2, 0.25) is 39.3 Å². The third-order valence-electron chi connectivity index (χ3n) is 1.09. The van der Waals surface area contributed by atoms with Crippen LogP contribution < -0.4 is 0 Å². The Morgan fingerprint density at radius 2 is 1.08 bits per heavy atom. The molecule has 0 unspecified atom stereocenters. The van der Waals surface area contributed by atoms with Gasteiger partial charge in [-0.3, -0.25) is 0 Å². The molecule has 6 heteroatoms. The Labute approximate surface area is 84.2 Å². The van der Waals surface area contributed by atoms with E-state index in [1.807, 2.05) is 0 Å². The van der Waals surface area contributed by atoms with Gasteiger partial charge in [-0.05, 0) is 39.3 Å². The Hall–Kier alpha value is 0.379. The molecule has 78 valence electrons. The molecule has 0 aliphatic rings. The standard InChI is InChI=1S/C7H21BO3Si2/c1-9-8(10-12(2,3)4)11-13(5,6)7/h1-7H3. The number of rotatable bonds is 5. The highest BCUT2D eigenvalue weighted by atomic mass is 28.4. The van der Waals surface area contributed by atoms with Gasteiger partial charge in [-0.25, -0.2) is 0 Å². The third-order valence-corrected chi connectivity index (χ3v) is 2.89. The second-order valence-electron chi connectivity index (χ2n) is 4.98. The van der Waals surface area contributed by atoms with Crippen LogP contribution >= 0.6 is 0 Å². The minimum absolute atomic E-state index is 0.474. The molecule has 0 aliphatic carbocycles. The SMILES string of the molecule is COB(O[Si](C)(C)C)O[Si](C)(C)C. The molecule has 0 aliphatic heterocycles. The maximum absolute atomic E-state index is 5.69. The Kier molecular flexibility index (Phi) is 4.88. The zero-order valence-corrected chi connectivity index (χ0v) is 11.8. The second-order valence-corrected chi connectivity index (χ2v) is 13.9. The average molecular weight is 220 g/mol. The van der Waals surface area contributed by atoms with E-state index in [2.05, 4.69) is 39.3 Å². The Morgan fingerprint density at radius 1 is 0.769 bits per heavy atom. The van der Waals surface area contributed by atoms with Crippen molar-refractivity contribution in [2.75, 3.05) is 7.11 Å². The lowest BCUT2D eigenvalue weighted by molar-refractivity contribution is 0.242. The van der Waals surface area contributed by atoms with Crippen LogP contribution in [0.4, 0.5) is 0 Å². The third kappa shape index (κ3) is 8.70. The molecule has 0 radical (unpaired) electrons. The Balaban J connectivity index is 4.05. The summed E-state index contributed by atoms with van der Waals surface area (Å²) < 4.78 is 16.5. The van der Waals surface area contributed by atoms with Crippen LogP contribution in [-0.2, 0) is 13.3 Å². The minimum atomic E-state index is -1.57. The fourth-order valence-corrected chi connectivity index (χ4v) is 2.24. The lowest BCUT2D eigenvalue weighted by Gasteiger charge is -2.26. The maximum Gasteiger partial charge on any atom is 0.617 e. The first-order chi connectivity index (χ1) is 5.64. The molecule has 0 fully saturated rings. The lowest BCUT2D eigenvalue weighted by atomic mass is 10.3. The van der Waals surface area contributed by atoms with Crippen molar-refractivity contribution < 1.29 is 13.3 Å². The molecule has 0 amide bonds. The minimum Gasteiger partial charge on any atom is -0.429 e. The smallest absolute Gasteiger partial charge is 0.429 e. The molecule has 0 heterocycles. The van der Waals surface area contributed by atoms with Crippen molar-refractivity contribution in [2.24, 2.45) is 0 Å². The maximum atomic E-state index is 5.69. The van der Waals surface area contributed by atoms with Crippen molar-refractivity contribution in [1.29, 1.82) is 0 Å². The summed E-state index contributed by atoms with van der Waals surface area (Å²) in [6.07, 6.45) is 0. The van der Waals surface area contributed by atoms with Crippen LogP contribution in [0, 0.1) is 0 Å². The van der Waals surface area contributed by atoms with Gasteiger partial charge in [-0.15, -0.1) is 0 Å². The van der Waals surface area contributed by atoms with Crippen LogP contribution in [0.3, 0.4) is 0 Å². The second kappa shape index (κ2) is 4.74. The van der Waals surface area contributed by atoms with E-state index in [1.54, 1.807) is 7.11 Å². The molecule has 0 spiro atoms. The Morgan fingerprint density at radius 3 is 1.23 bits per heavy atom. The zero-order valence-electron chi connectivity index (χ0n) is 9.80. The highest BCUT2D eigenvalue weighted by molar-refractivity contribution is 6.79. The monoisotopic (exact) mass is 220 g/mol. The van der Waals surface area contributed by atoms with Gasteiger partial charge in [0.05, 0.1) is 0 Å². The van der Waals surface area contributed by atoms with Gasteiger partial charge in [0.25, 0.3) is 0 Å². The summed E-state index contributed by atoms with van der Waals surface area (Å²) >= 11 is 0. The largest absolute Gasteiger partial charge is 0.617 e. The first kappa shape index (κ1) is 13.4.